The van der Waals surface area contributed by atoms with Gasteiger partial charge in [0.05, 0.1) is 5.01 Å². The minimum atomic E-state index is -1.45. The van der Waals surface area contributed by atoms with E-state index in [1.165, 1.54) is 17.4 Å². The fourth-order valence-electron chi connectivity index (χ4n) is 0.684. The third kappa shape index (κ3) is 2.79. The Balaban J connectivity index is 2.69. The highest BCUT2D eigenvalue weighted by Crippen LogP contribution is 2.12. The van der Waals surface area contributed by atoms with E-state index in [9.17, 15) is 9.59 Å². The fraction of sp³-hybridized carbons (Fsp3) is 0.125. The van der Waals surface area contributed by atoms with Crippen LogP contribution in [-0.4, -0.2) is 21.8 Å². The van der Waals surface area contributed by atoms with Crippen LogP contribution in [0.1, 0.15) is 9.88 Å². The Morgan fingerprint density at radius 3 is 2.77 bits per heavy atom. The molecule has 1 N–H and O–H groups in total. The van der Waals surface area contributed by atoms with Gasteiger partial charge < -0.3 is 5.11 Å². The van der Waals surface area contributed by atoms with Gasteiger partial charge in [-0.05, 0) is 19.1 Å². The summed E-state index contributed by atoms with van der Waals surface area (Å²) < 4.78 is 0. The van der Waals surface area contributed by atoms with Crippen LogP contribution in [0.4, 0.5) is 0 Å². The maximum absolute atomic E-state index is 10.6. The molecule has 0 saturated heterocycles. The Hall–Kier alpha value is -1.49. The van der Waals surface area contributed by atoms with Crippen molar-refractivity contribution in [2.45, 2.75) is 6.92 Å². The first-order chi connectivity index (χ1) is 6.09. The number of aryl methyl sites for hydroxylation is 1. The van der Waals surface area contributed by atoms with Gasteiger partial charge in [0, 0.05) is 11.1 Å². The normalized spacial score (nSPS) is 10.5. The van der Waals surface area contributed by atoms with E-state index in [4.69, 9.17) is 5.11 Å². The molecule has 5 heteroatoms. The molecule has 0 atom stereocenters. The highest BCUT2D eigenvalue weighted by atomic mass is 32.1. The predicted molar refractivity (Wildman–Crippen MR) is 48.5 cm³/mol. The van der Waals surface area contributed by atoms with Gasteiger partial charge in [0.25, 0.3) is 5.78 Å². The SMILES string of the molecule is Cc1ncc(/C=C/C(=O)C(=O)O)s1. The van der Waals surface area contributed by atoms with E-state index in [0.29, 0.717) is 0 Å². The molecule has 13 heavy (non-hydrogen) atoms. The number of rotatable bonds is 3. The van der Waals surface area contributed by atoms with Crippen molar-refractivity contribution >= 4 is 29.2 Å². The third-order valence-corrected chi connectivity index (χ3v) is 2.13. The number of aliphatic carboxylic acids is 1. The average Bonchev–Trinajstić information content (AvgIpc) is 2.47. The van der Waals surface area contributed by atoms with Gasteiger partial charge in [-0.1, -0.05) is 0 Å². The maximum Gasteiger partial charge on any atom is 0.376 e. The van der Waals surface area contributed by atoms with Crippen molar-refractivity contribution in [3.63, 3.8) is 0 Å². The van der Waals surface area contributed by atoms with Crippen LogP contribution in [-0.2, 0) is 9.59 Å². The molecule has 0 amide bonds. The van der Waals surface area contributed by atoms with Gasteiger partial charge in [0.1, 0.15) is 0 Å². The van der Waals surface area contributed by atoms with Gasteiger partial charge in [-0.15, -0.1) is 11.3 Å². The molecule has 0 fully saturated rings. The average molecular weight is 197 g/mol. The molecule has 68 valence electrons. The molecule has 0 aromatic carbocycles. The van der Waals surface area contributed by atoms with Crippen LogP contribution in [0, 0.1) is 6.92 Å². The first kappa shape index (κ1) is 9.60. The molecule has 0 aliphatic rings. The predicted octanol–water partition coefficient (Wildman–Crippen LogP) is 1.12. The van der Waals surface area contributed by atoms with E-state index in [1.54, 1.807) is 6.20 Å². The number of carboxylic acid groups (broad SMARTS) is 1. The Kier molecular flexibility index (Phi) is 2.92. The minimum Gasteiger partial charge on any atom is -0.475 e. The fourth-order valence-corrected chi connectivity index (χ4v) is 1.37. The van der Waals surface area contributed by atoms with Crippen LogP contribution >= 0.6 is 11.3 Å². The topological polar surface area (TPSA) is 67.3 Å². The second-order valence-corrected chi connectivity index (χ2v) is 3.55. The summed E-state index contributed by atoms with van der Waals surface area (Å²) in [7, 11) is 0. The summed E-state index contributed by atoms with van der Waals surface area (Å²) in [4.78, 5) is 25.5. The number of carbonyl (C=O) groups excluding carboxylic acids is 1. The summed E-state index contributed by atoms with van der Waals surface area (Å²) in [6.45, 7) is 1.83. The van der Waals surface area contributed by atoms with Crippen molar-refractivity contribution in [2.24, 2.45) is 0 Å². The van der Waals surface area contributed by atoms with Crippen molar-refractivity contribution in [3.8, 4) is 0 Å². The van der Waals surface area contributed by atoms with E-state index in [2.05, 4.69) is 4.98 Å². The van der Waals surface area contributed by atoms with Crippen LogP contribution in [0.25, 0.3) is 6.08 Å². The lowest BCUT2D eigenvalue weighted by atomic mass is 10.3. The second kappa shape index (κ2) is 3.95. The minimum absolute atomic E-state index is 0.770. The monoisotopic (exact) mass is 197 g/mol. The first-order valence-electron chi connectivity index (χ1n) is 3.47. The Morgan fingerprint density at radius 2 is 2.31 bits per heavy atom. The molecule has 1 aromatic heterocycles. The van der Waals surface area contributed by atoms with Crippen molar-refractivity contribution in [2.75, 3.05) is 0 Å². The molecule has 0 radical (unpaired) electrons. The number of carbonyl (C=O) groups is 2. The summed E-state index contributed by atoms with van der Waals surface area (Å²) in [6, 6.07) is 0. The summed E-state index contributed by atoms with van der Waals surface area (Å²) >= 11 is 1.40. The number of nitrogens with zero attached hydrogens (tertiary/aromatic N) is 1. The molecule has 1 aromatic rings. The highest BCUT2D eigenvalue weighted by Gasteiger charge is 2.05. The molecule has 0 saturated carbocycles. The van der Waals surface area contributed by atoms with Gasteiger partial charge in [-0.3, -0.25) is 4.79 Å². The summed E-state index contributed by atoms with van der Waals surface area (Å²) in [5.41, 5.74) is 0. The molecule has 0 bridgehead atoms. The molecular formula is C8H7NO3S. The van der Waals surface area contributed by atoms with Gasteiger partial charge in [0.15, 0.2) is 0 Å². The van der Waals surface area contributed by atoms with Crippen LogP contribution < -0.4 is 0 Å². The first-order valence-corrected chi connectivity index (χ1v) is 4.29. The van der Waals surface area contributed by atoms with Crippen molar-refractivity contribution < 1.29 is 14.7 Å². The standard InChI is InChI=1S/C8H7NO3S/c1-5-9-4-6(13-5)2-3-7(10)8(11)12/h2-4H,1H3,(H,11,12)/b3-2+. The number of ketones is 1. The summed E-state index contributed by atoms with van der Waals surface area (Å²) in [5.74, 6) is -2.37. The zero-order chi connectivity index (χ0) is 9.84. The molecule has 0 spiro atoms. The zero-order valence-electron chi connectivity index (χ0n) is 6.85. The van der Waals surface area contributed by atoms with Gasteiger partial charge in [0.2, 0.25) is 0 Å². The maximum atomic E-state index is 10.6. The van der Waals surface area contributed by atoms with E-state index in [-0.39, 0.29) is 0 Å². The van der Waals surface area contributed by atoms with Crippen LogP contribution in [0.15, 0.2) is 12.3 Å². The van der Waals surface area contributed by atoms with Crippen LogP contribution in [0.3, 0.4) is 0 Å². The lowest BCUT2D eigenvalue weighted by Crippen LogP contribution is -2.08. The van der Waals surface area contributed by atoms with Gasteiger partial charge in [-0.2, -0.15) is 0 Å². The molecule has 0 aliphatic heterocycles. The molecular weight excluding hydrogens is 190 g/mol. The largest absolute Gasteiger partial charge is 0.475 e. The zero-order valence-corrected chi connectivity index (χ0v) is 7.67. The summed E-state index contributed by atoms with van der Waals surface area (Å²) in [5, 5.41) is 9.13. The van der Waals surface area contributed by atoms with Crippen molar-refractivity contribution in [1.82, 2.24) is 4.98 Å². The summed E-state index contributed by atoms with van der Waals surface area (Å²) in [6.07, 6.45) is 4.06. The van der Waals surface area contributed by atoms with Crippen LogP contribution in [0.5, 0.6) is 0 Å². The number of hydrogen-bond donors (Lipinski definition) is 1. The Morgan fingerprint density at radius 1 is 1.62 bits per heavy atom. The number of aromatic nitrogens is 1. The highest BCUT2D eigenvalue weighted by molar-refractivity contribution is 7.12. The number of thiazole rings is 1. The second-order valence-electron chi connectivity index (χ2n) is 2.28. The molecule has 0 unspecified atom stereocenters. The van der Waals surface area contributed by atoms with E-state index >= 15 is 0 Å². The van der Waals surface area contributed by atoms with E-state index in [1.807, 2.05) is 6.92 Å². The van der Waals surface area contributed by atoms with E-state index in [0.717, 1.165) is 16.0 Å². The Bertz CT molecular complexity index is 367. The molecule has 4 nitrogen and oxygen atoms in total. The van der Waals surface area contributed by atoms with Crippen LogP contribution in [0.2, 0.25) is 0 Å². The molecule has 0 aliphatic carbocycles. The molecule has 1 heterocycles. The smallest absolute Gasteiger partial charge is 0.376 e. The quantitative estimate of drug-likeness (QED) is 0.582. The lowest BCUT2D eigenvalue weighted by Gasteiger charge is -1.82. The van der Waals surface area contributed by atoms with E-state index < -0.39 is 11.8 Å². The Labute approximate surface area is 78.5 Å². The number of hydrogen-bond acceptors (Lipinski definition) is 4. The van der Waals surface area contributed by atoms with Gasteiger partial charge >= 0.3 is 5.97 Å². The lowest BCUT2D eigenvalue weighted by molar-refractivity contribution is -0.146. The molecule has 1 rings (SSSR count). The third-order valence-electron chi connectivity index (χ3n) is 1.25. The van der Waals surface area contributed by atoms with Crippen molar-refractivity contribution in [3.05, 3.63) is 22.2 Å². The van der Waals surface area contributed by atoms with Gasteiger partial charge in [-0.25, -0.2) is 9.78 Å². The van der Waals surface area contributed by atoms with Crippen molar-refractivity contribution in [1.29, 1.82) is 0 Å². The number of carboxylic acids is 1.